The van der Waals surface area contributed by atoms with Gasteiger partial charge in [-0.25, -0.2) is 4.98 Å². The van der Waals surface area contributed by atoms with Gasteiger partial charge in [0.05, 0.1) is 24.9 Å². The van der Waals surface area contributed by atoms with Gasteiger partial charge in [-0.2, -0.15) is 0 Å². The Bertz CT molecular complexity index is 627. The maximum atomic E-state index is 11.0. The Morgan fingerprint density at radius 1 is 1.37 bits per heavy atom. The molecule has 0 saturated carbocycles. The van der Waals surface area contributed by atoms with E-state index in [2.05, 4.69) is 4.98 Å². The van der Waals surface area contributed by atoms with Crippen molar-refractivity contribution in [3.8, 4) is 22.8 Å². The monoisotopic (exact) mass is 298 g/mol. The lowest BCUT2D eigenvalue weighted by molar-refractivity contribution is 0.1000. The molecule has 7 heteroatoms. The highest BCUT2D eigenvalue weighted by molar-refractivity contribution is 7.12. The van der Waals surface area contributed by atoms with Gasteiger partial charge in [0.2, 0.25) is 0 Å². The van der Waals surface area contributed by atoms with Crippen molar-refractivity contribution >= 4 is 28.8 Å². The lowest BCUT2D eigenvalue weighted by atomic mass is 10.1. The van der Waals surface area contributed by atoms with Crippen molar-refractivity contribution in [1.82, 2.24) is 4.98 Å². The number of methoxy groups -OCH3 is 2. The summed E-state index contributed by atoms with van der Waals surface area (Å²) >= 11 is 7.43. The summed E-state index contributed by atoms with van der Waals surface area (Å²) in [5, 5.41) is 2.33. The van der Waals surface area contributed by atoms with E-state index in [0.29, 0.717) is 27.8 Å². The van der Waals surface area contributed by atoms with Crippen LogP contribution < -0.4 is 15.2 Å². The van der Waals surface area contributed by atoms with Crippen molar-refractivity contribution in [2.24, 2.45) is 5.73 Å². The lowest BCUT2D eigenvalue weighted by Crippen LogP contribution is -2.10. The van der Waals surface area contributed by atoms with Gasteiger partial charge in [-0.05, 0) is 12.1 Å². The standard InChI is InChI=1S/C12H11ClN2O3S/c1-17-8-4-3-6(9(13)10(8)18-2)7-5-19-12(15-7)11(14)16/h3-5H,1-2H3,(H2,14,16). The number of hydrogen-bond donors (Lipinski definition) is 1. The molecule has 2 rings (SSSR count). The summed E-state index contributed by atoms with van der Waals surface area (Å²) in [6.07, 6.45) is 0. The third kappa shape index (κ3) is 2.50. The molecule has 2 N–H and O–H groups in total. The van der Waals surface area contributed by atoms with E-state index in [-0.39, 0.29) is 5.01 Å². The number of nitrogens with two attached hydrogens (primary N) is 1. The number of primary amides is 1. The second-order valence-corrected chi connectivity index (χ2v) is 4.80. The first kappa shape index (κ1) is 13.6. The molecule has 19 heavy (non-hydrogen) atoms. The maximum Gasteiger partial charge on any atom is 0.277 e. The van der Waals surface area contributed by atoms with E-state index in [9.17, 15) is 4.79 Å². The van der Waals surface area contributed by atoms with Gasteiger partial charge in [-0.15, -0.1) is 11.3 Å². The summed E-state index contributed by atoms with van der Waals surface area (Å²) < 4.78 is 10.4. The molecule has 1 aromatic heterocycles. The molecule has 0 bridgehead atoms. The molecule has 0 spiro atoms. The molecule has 100 valence electrons. The zero-order valence-corrected chi connectivity index (χ0v) is 11.8. The van der Waals surface area contributed by atoms with Crippen LogP contribution in [0.5, 0.6) is 11.5 Å². The average Bonchev–Trinajstić information content (AvgIpc) is 2.87. The zero-order valence-electron chi connectivity index (χ0n) is 10.3. The highest BCUT2D eigenvalue weighted by Crippen LogP contribution is 2.41. The van der Waals surface area contributed by atoms with Crippen molar-refractivity contribution in [2.75, 3.05) is 14.2 Å². The number of nitrogens with zero attached hydrogens (tertiary/aromatic N) is 1. The first-order chi connectivity index (χ1) is 9.08. The lowest BCUT2D eigenvalue weighted by Gasteiger charge is -2.11. The highest BCUT2D eigenvalue weighted by Gasteiger charge is 2.17. The Labute approximate surface area is 118 Å². The predicted molar refractivity (Wildman–Crippen MR) is 74.2 cm³/mol. The summed E-state index contributed by atoms with van der Waals surface area (Å²) in [5.74, 6) is 0.393. The summed E-state index contributed by atoms with van der Waals surface area (Å²) in [7, 11) is 3.03. The molecule has 1 amide bonds. The summed E-state index contributed by atoms with van der Waals surface area (Å²) in [6.45, 7) is 0. The number of thiazole rings is 1. The summed E-state index contributed by atoms with van der Waals surface area (Å²) in [6, 6.07) is 3.48. The second kappa shape index (κ2) is 5.46. The third-order valence-electron chi connectivity index (χ3n) is 2.48. The smallest absolute Gasteiger partial charge is 0.277 e. The van der Waals surface area contributed by atoms with E-state index >= 15 is 0 Å². The van der Waals surface area contributed by atoms with Crippen LogP contribution in [-0.4, -0.2) is 25.1 Å². The molecule has 5 nitrogen and oxygen atoms in total. The normalized spacial score (nSPS) is 10.3. The number of hydrogen-bond acceptors (Lipinski definition) is 5. The summed E-state index contributed by atoms with van der Waals surface area (Å²) in [5.41, 5.74) is 6.41. The molecule has 1 aromatic carbocycles. The number of aromatic nitrogens is 1. The van der Waals surface area contributed by atoms with Crippen molar-refractivity contribution < 1.29 is 14.3 Å². The van der Waals surface area contributed by atoms with Gasteiger partial charge in [0.25, 0.3) is 5.91 Å². The van der Waals surface area contributed by atoms with Gasteiger partial charge >= 0.3 is 0 Å². The van der Waals surface area contributed by atoms with Crippen molar-refractivity contribution in [2.45, 2.75) is 0 Å². The molecule has 0 aliphatic heterocycles. The minimum atomic E-state index is -0.562. The molecular formula is C12H11ClN2O3S. The molecule has 2 aromatic rings. The Kier molecular flexibility index (Phi) is 3.92. The number of halogens is 1. The largest absolute Gasteiger partial charge is 0.493 e. The minimum absolute atomic E-state index is 0.237. The van der Waals surface area contributed by atoms with E-state index in [1.165, 1.54) is 25.6 Å². The van der Waals surface area contributed by atoms with Gasteiger partial charge < -0.3 is 15.2 Å². The van der Waals surface area contributed by atoms with Gasteiger partial charge in [0, 0.05) is 10.9 Å². The predicted octanol–water partition coefficient (Wildman–Crippen LogP) is 2.58. The van der Waals surface area contributed by atoms with Crippen LogP contribution in [0.15, 0.2) is 17.5 Å². The molecule has 0 saturated heterocycles. The van der Waals surface area contributed by atoms with Crippen LogP contribution >= 0.6 is 22.9 Å². The minimum Gasteiger partial charge on any atom is -0.493 e. The quantitative estimate of drug-likeness (QED) is 0.941. The Morgan fingerprint density at radius 2 is 2.11 bits per heavy atom. The Hall–Kier alpha value is -1.79. The number of carbonyl (C=O) groups is 1. The van der Waals surface area contributed by atoms with Gasteiger partial charge in [0.15, 0.2) is 16.5 Å². The second-order valence-electron chi connectivity index (χ2n) is 3.56. The fourth-order valence-corrected chi connectivity index (χ4v) is 2.60. The first-order valence-electron chi connectivity index (χ1n) is 5.24. The number of benzene rings is 1. The van der Waals surface area contributed by atoms with Crippen LogP contribution in [0.4, 0.5) is 0 Å². The van der Waals surface area contributed by atoms with E-state index in [4.69, 9.17) is 26.8 Å². The van der Waals surface area contributed by atoms with E-state index in [1.54, 1.807) is 17.5 Å². The van der Waals surface area contributed by atoms with Crippen molar-refractivity contribution in [3.05, 3.63) is 27.5 Å². The van der Waals surface area contributed by atoms with Crippen molar-refractivity contribution in [1.29, 1.82) is 0 Å². The SMILES string of the molecule is COc1ccc(-c2csc(C(N)=O)n2)c(Cl)c1OC. The van der Waals surface area contributed by atoms with Gasteiger partial charge in [-0.3, -0.25) is 4.79 Å². The van der Waals surface area contributed by atoms with Crippen LogP contribution in [0.2, 0.25) is 5.02 Å². The van der Waals surface area contributed by atoms with Crippen LogP contribution in [0.3, 0.4) is 0 Å². The van der Waals surface area contributed by atoms with E-state index in [1.807, 2.05) is 0 Å². The maximum absolute atomic E-state index is 11.0. The molecule has 0 unspecified atom stereocenters. The molecule has 0 aliphatic carbocycles. The number of amides is 1. The molecule has 0 atom stereocenters. The third-order valence-corrected chi connectivity index (χ3v) is 3.71. The fraction of sp³-hybridized carbons (Fsp3) is 0.167. The van der Waals surface area contributed by atoms with Crippen LogP contribution in [-0.2, 0) is 0 Å². The first-order valence-corrected chi connectivity index (χ1v) is 6.50. The van der Waals surface area contributed by atoms with Crippen molar-refractivity contribution in [3.63, 3.8) is 0 Å². The highest BCUT2D eigenvalue weighted by atomic mass is 35.5. The van der Waals surface area contributed by atoms with E-state index in [0.717, 1.165) is 0 Å². The zero-order chi connectivity index (χ0) is 14.0. The molecule has 1 heterocycles. The van der Waals surface area contributed by atoms with Crippen LogP contribution in [0, 0.1) is 0 Å². The van der Waals surface area contributed by atoms with Crippen LogP contribution in [0.1, 0.15) is 9.80 Å². The van der Waals surface area contributed by atoms with E-state index < -0.39 is 5.91 Å². The number of ether oxygens (including phenoxy) is 2. The van der Waals surface area contributed by atoms with Gasteiger partial charge in [0.1, 0.15) is 0 Å². The average molecular weight is 299 g/mol. The molecular weight excluding hydrogens is 288 g/mol. The van der Waals surface area contributed by atoms with Gasteiger partial charge in [-0.1, -0.05) is 11.6 Å². The Balaban J connectivity index is 2.53. The molecule has 0 fully saturated rings. The van der Waals surface area contributed by atoms with Crippen LogP contribution in [0.25, 0.3) is 11.3 Å². The Morgan fingerprint density at radius 3 is 2.63 bits per heavy atom. The molecule has 0 aliphatic rings. The number of rotatable bonds is 4. The fourth-order valence-electron chi connectivity index (χ4n) is 1.60. The summed E-state index contributed by atoms with van der Waals surface area (Å²) in [4.78, 5) is 15.2. The topological polar surface area (TPSA) is 74.4 Å². The molecule has 0 radical (unpaired) electrons. The number of carbonyl (C=O) groups excluding carboxylic acids is 1.